The number of halogens is 1. The van der Waals surface area contributed by atoms with Gasteiger partial charge in [-0.05, 0) is 22.8 Å². The largest absolute Gasteiger partial charge is 0.255 e. The summed E-state index contributed by atoms with van der Waals surface area (Å²) in [5.41, 5.74) is 8.01. The van der Waals surface area contributed by atoms with Crippen molar-refractivity contribution in [2.45, 2.75) is 0 Å². The zero-order valence-corrected chi connectivity index (χ0v) is 6.48. The molecule has 0 aromatic carbocycles. The fraction of sp³-hybridized carbons (Fsp3) is 0. The molecule has 0 spiro atoms. The first-order chi connectivity index (χ1) is 4.83. The lowest BCUT2D eigenvalue weighted by atomic mass is 10.5. The fourth-order valence-corrected chi connectivity index (χ4v) is 0.817. The first-order valence-corrected chi connectivity index (χ1v) is 3.29. The van der Waals surface area contributed by atoms with Gasteiger partial charge in [-0.2, -0.15) is 0 Å². The molecule has 0 saturated carbocycles. The van der Waals surface area contributed by atoms with Gasteiger partial charge in [-0.3, -0.25) is 4.98 Å². The monoisotopic (exact) mass is 198 g/mol. The molecule has 4 nitrogen and oxygen atoms in total. The summed E-state index contributed by atoms with van der Waals surface area (Å²) < 4.78 is 0.852. The van der Waals surface area contributed by atoms with Crippen molar-refractivity contribution in [3.63, 3.8) is 0 Å². The van der Waals surface area contributed by atoms with Crippen LogP contribution in [0.5, 0.6) is 0 Å². The van der Waals surface area contributed by atoms with Crippen molar-refractivity contribution < 1.29 is 0 Å². The lowest BCUT2D eigenvalue weighted by Crippen LogP contribution is -1.69. The van der Waals surface area contributed by atoms with Crippen LogP contribution in [0.25, 0.3) is 10.4 Å². The van der Waals surface area contributed by atoms with E-state index in [9.17, 15) is 0 Å². The van der Waals surface area contributed by atoms with Gasteiger partial charge in [-0.1, -0.05) is 15.9 Å². The van der Waals surface area contributed by atoms with Gasteiger partial charge in [0.25, 0.3) is 0 Å². The maximum atomic E-state index is 8.01. The third kappa shape index (κ3) is 1.72. The first kappa shape index (κ1) is 7.05. The topological polar surface area (TPSA) is 61.7 Å². The van der Waals surface area contributed by atoms with E-state index in [0.717, 1.165) is 4.47 Å². The number of hydrogen-bond acceptors (Lipinski definition) is 2. The Balaban J connectivity index is 3.06. The average molecular weight is 199 g/mol. The smallest absolute Gasteiger partial charge is 0.127 e. The Bertz CT molecular complexity index is 279. The molecule has 0 aliphatic carbocycles. The highest BCUT2D eigenvalue weighted by molar-refractivity contribution is 9.10. The molecule has 50 valence electrons. The van der Waals surface area contributed by atoms with Gasteiger partial charge < -0.3 is 0 Å². The van der Waals surface area contributed by atoms with E-state index in [1.807, 2.05) is 0 Å². The number of hydrogen-bond donors (Lipinski definition) is 0. The lowest BCUT2D eigenvalue weighted by Gasteiger charge is -1.88. The maximum absolute atomic E-state index is 8.01. The quantitative estimate of drug-likeness (QED) is 0.389. The van der Waals surface area contributed by atoms with Crippen LogP contribution in [0.15, 0.2) is 27.9 Å². The van der Waals surface area contributed by atoms with Gasteiger partial charge in [-0.25, -0.2) is 0 Å². The van der Waals surface area contributed by atoms with E-state index < -0.39 is 0 Å². The van der Waals surface area contributed by atoms with Crippen molar-refractivity contribution in [2.24, 2.45) is 5.11 Å². The molecule has 5 heteroatoms. The minimum Gasteiger partial charge on any atom is -0.255 e. The second-order valence-electron chi connectivity index (χ2n) is 1.52. The molecule has 0 aliphatic heterocycles. The summed E-state index contributed by atoms with van der Waals surface area (Å²) in [5.74, 6) is 0.372. The molecule has 0 saturated heterocycles. The molecule has 0 N–H and O–H groups in total. The minimum atomic E-state index is 0.372. The van der Waals surface area contributed by atoms with E-state index in [1.54, 1.807) is 18.3 Å². The zero-order chi connectivity index (χ0) is 7.40. The summed E-state index contributed by atoms with van der Waals surface area (Å²) in [7, 11) is 0. The van der Waals surface area contributed by atoms with Crippen molar-refractivity contribution >= 4 is 21.7 Å². The van der Waals surface area contributed by atoms with Crippen LogP contribution in [0.1, 0.15) is 0 Å². The first-order valence-electron chi connectivity index (χ1n) is 2.49. The molecular weight excluding hydrogens is 196 g/mol. The summed E-state index contributed by atoms with van der Waals surface area (Å²) in [6, 6.07) is 3.40. The summed E-state index contributed by atoms with van der Waals surface area (Å²) in [6.07, 6.45) is 1.56. The van der Waals surface area contributed by atoms with Crippen LogP contribution >= 0.6 is 15.9 Å². The van der Waals surface area contributed by atoms with E-state index in [1.165, 1.54) is 0 Å². The molecule has 0 unspecified atom stereocenters. The Kier molecular flexibility index (Phi) is 2.25. The van der Waals surface area contributed by atoms with Crippen LogP contribution < -0.4 is 0 Å². The third-order valence-electron chi connectivity index (χ3n) is 0.855. The van der Waals surface area contributed by atoms with E-state index in [0.29, 0.717) is 5.82 Å². The van der Waals surface area contributed by atoms with Gasteiger partial charge in [0.05, 0.1) is 0 Å². The Hall–Kier alpha value is -1.06. The standard InChI is InChI=1S/C5H3BrN4/c6-4-1-2-8-5(3-4)9-10-7/h1-3H. The SMILES string of the molecule is [N-]=[N+]=Nc1cc(Br)ccn1. The molecule has 10 heavy (non-hydrogen) atoms. The normalized spacial score (nSPS) is 8.50. The molecule has 1 heterocycles. The molecule has 1 aromatic rings. The van der Waals surface area contributed by atoms with Crippen LogP contribution in [-0.2, 0) is 0 Å². The molecule has 0 amide bonds. The molecule has 0 atom stereocenters. The average Bonchev–Trinajstić information content (AvgIpc) is 1.88. The number of rotatable bonds is 1. The summed E-state index contributed by atoms with van der Waals surface area (Å²) in [5, 5.41) is 3.31. The van der Waals surface area contributed by atoms with Crippen LogP contribution in [-0.4, -0.2) is 4.98 Å². The predicted molar refractivity (Wildman–Crippen MR) is 40.7 cm³/mol. The molecule has 1 rings (SSSR count). The summed E-state index contributed by atoms with van der Waals surface area (Å²) >= 11 is 3.21. The maximum Gasteiger partial charge on any atom is 0.127 e. The fourth-order valence-electron chi connectivity index (χ4n) is 0.494. The molecular formula is C5H3BrN4. The van der Waals surface area contributed by atoms with E-state index in [-0.39, 0.29) is 0 Å². The Morgan fingerprint density at radius 2 is 2.50 bits per heavy atom. The van der Waals surface area contributed by atoms with Crippen LogP contribution in [0.4, 0.5) is 5.82 Å². The van der Waals surface area contributed by atoms with E-state index in [2.05, 4.69) is 30.9 Å². The second-order valence-corrected chi connectivity index (χ2v) is 2.44. The highest BCUT2D eigenvalue weighted by Gasteiger charge is 1.88. The Morgan fingerprint density at radius 1 is 1.70 bits per heavy atom. The van der Waals surface area contributed by atoms with Gasteiger partial charge in [0.15, 0.2) is 0 Å². The van der Waals surface area contributed by atoms with Crippen molar-refractivity contribution in [3.05, 3.63) is 33.2 Å². The minimum absolute atomic E-state index is 0.372. The summed E-state index contributed by atoms with van der Waals surface area (Å²) in [4.78, 5) is 6.37. The van der Waals surface area contributed by atoms with Crippen LogP contribution in [0, 0.1) is 0 Å². The molecule has 0 radical (unpaired) electrons. The lowest BCUT2D eigenvalue weighted by molar-refractivity contribution is 1.25. The highest BCUT2D eigenvalue weighted by atomic mass is 79.9. The van der Waals surface area contributed by atoms with Crippen molar-refractivity contribution in [3.8, 4) is 0 Å². The third-order valence-corrected chi connectivity index (χ3v) is 1.35. The number of aromatic nitrogens is 1. The van der Waals surface area contributed by atoms with Crippen LogP contribution in [0.3, 0.4) is 0 Å². The highest BCUT2D eigenvalue weighted by Crippen LogP contribution is 2.14. The van der Waals surface area contributed by atoms with Crippen molar-refractivity contribution in [2.75, 3.05) is 0 Å². The van der Waals surface area contributed by atoms with Gasteiger partial charge in [0.2, 0.25) is 0 Å². The van der Waals surface area contributed by atoms with Gasteiger partial charge in [-0.15, -0.1) is 0 Å². The van der Waals surface area contributed by atoms with Gasteiger partial charge in [0, 0.05) is 15.6 Å². The molecule has 1 aromatic heterocycles. The number of pyridine rings is 1. The Morgan fingerprint density at radius 3 is 3.10 bits per heavy atom. The van der Waals surface area contributed by atoms with Gasteiger partial charge >= 0.3 is 0 Å². The van der Waals surface area contributed by atoms with Crippen molar-refractivity contribution in [1.29, 1.82) is 0 Å². The number of nitrogens with zero attached hydrogens (tertiary/aromatic N) is 4. The van der Waals surface area contributed by atoms with E-state index >= 15 is 0 Å². The Labute approximate surface area is 65.7 Å². The molecule has 0 bridgehead atoms. The second kappa shape index (κ2) is 3.20. The van der Waals surface area contributed by atoms with E-state index in [4.69, 9.17) is 5.53 Å². The van der Waals surface area contributed by atoms with Gasteiger partial charge in [0.1, 0.15) is 5.82 Å². The summed E-state index contributed by atoms with van der Waals surface area (Å²) in [6.45, 7) is 0. The number of azide groups is 1. The zero-order valence-electron chi connectivity index (χ0n) is 4.90. The molecule has 0 fully saturated rings. The van der Waals surface area contributed by atoms with Crippen molar-refractivity contribution in [1.82, 2.24) is 4.98 Å². The molecule has 0 aliphatic rings. The van der Waals surface area contributed by atoms with Crippen LogP contribution in [0.2, 0.25) is 0 Å². The predicted octanol–water partition coefficient (Wildman–Crippen LogP) is 2.79.